The van der Waals surface area contributed by atoms with Gasteiger partial charge < -0.3 is 19.9 Å². The van der Waals surface area contributed by atoms with E-state index in [0.717, 1.165) is 25.9 Å². The van der Waals surface area contributed by atoms with Crippen LogP contribution in [0.4, 0.5) is 4.79 Å². The number of ether oxygens (including phenoxy) is 1. The number of piperazine rings is 1. The van der Waals surface area contributed by atoms with Gasteiger partial charge in [-0.05, 0) is 57.2 Å². The number of carbonyl (C=O) groups excluding carboxylic acids is 1. The number of rotatable bonds is 4. The largest absolute Gasteiger partial charge is 0.497 e. The summed E-state index contributed by atoms with van der Waals surface area (Å²) in [5.74, 6) is 0.615. The fourth-order valence-electron chi connectivity index (χ4n) is 3.45. The van der Waals surface area contributed by atoms with Gasteiger partial charge in [-0.1, -0.05) is 0 Å². The highest BCUT2D eigenvalue weighted by Gasteiger charge is 2.31. The normalized spacial score (nSPS) is 20.4. The standard InChI is InChI=1S/C18H28N4O4S/c1-20-9-7-15(8-10-20)19-18(23)21-11-13-22(14-12-21)27(24,25)17-5-3-16(26-2)4-6-17/h3-6,15H,7-14H2,1-2H3,(H,19,23). The van der Waals surface area contributed by atoms with Crippen molar-refractivity contribution in [3.05, 3.63) is 24.3 Å². The zero-order valence-electron chi connectivity index (χ0n) is 15.9. The summed E-state index contributed by atoms with van der Waals surface area (Å²) in [6, 6.07) is 6.48. The topological polar surface area (TPSA) is 82.2 Å². The van der Waals surface area contributed by atoms with Crippen molar-refractivity contribution in [3.8, 4) is 5.75 Å². The summed E-state index contributed by atoms with van der Waals surface area (Å²) in [5, 5.41) is 3.09. The second-order valence-electron chi connectivity index (χ2n) is 7.09. The van der Waals surface area contributed by atoms with E-state index in [1.165, 1.54) is 4.31 Å². The molecule has 27 heavy (non-hydrogen) atoms. The van der Waals surface area contributed by atoms with Crippen molar-refractivity contribution >= 4 is 16.1 Å². The minimum Gasteiger partial charge on any atom is -0.497 e. The molecule has 0 saturated carbocycles. The van der Waals surface area contributed by atoms with Gasteiger partial charge in [-0.3, -0.25) is 0 Å². The van der Waals surface area contributed by atoms with Crippen molar-refractivity contribution in [3.63, 3.8) is 0 Å². The van der Waals surface area contributed by atoms with Gasteiger partial charge in [0.1, 0.15) is 5.75 Å². The van der Waals surface area contributed by atoms with E-state index in [4.69, 9.17) is 4.74 Å². The Labute approximate surface area is 161 Å². The third-order valence-electron chi connectivity index (χ3n) is 5.27. The zero-order chi connectivity index (χ0) is 19.4. The predicted octanol–water partition coefficient (Wildman–Crippen LogP) is 0.805. The molecule has 2 heterocycles. The number of piperidine rings is 1. The lowest BCUT2D eigenvalue weighted by atomic mass is 10.1. The van der Waals surface area contributed by atoms with Gasteiger partial charge in [-0.15, -0.1) is 0 Å². The first-order valence-electron chi connectivity index (χ1n) is 9.28. The number of urea groups is 1. The van der Waals surface area contributed by atoms with Gasteiger partial charge in [0.15, 0.2) is 0 Å². The highest BCUT2D eigenvalue weighted by molar-refractivity contribution is 7.89. The molecular weight excluding hydrogens is 368 g/mol. The van der Waals surface area contributed by atoms with Crippen molar-refractivity contribution in [1.29, 1.82) is 0 Å². The van der Waals surface area contributed by atoms with Crippen LogP contribution in [0.5, 0.6) is 5.75 Å². The molecule has 2 fully saturated rings. The van der Waals surface area contributed by atoms with Crippen molar-refractivity contribution in [1.82, 2.24) is 19.4 Å². The van der Waals surface area contributed by atoms with Crippen LogP contribution in [0.3, 0.4) is 0 Å². The summed E-state index contributed by atoms with van der Waals surface area (Å²) in [6.45, 7) is 3.36. The molecule has 2 saturated heterocycles. The second-order valence-corrected chi connectivity index (χ2v) is 9.03. The fraction of sp³-hybridized carbons (Fsp3) is 0.611. The van der Waals surface area contributed by atoms with E-state index in [-0.39, 0.29) is 17.0 Å². The molecule has 2 aliphatic heterocycles. The first kappa shape index (κ1) is 19.9. The highest BCUT2D eigenvalue weighted by Crippen LogP contribution is 2.20. The van der Waals surface area contributed by atoms with Gasteiger partial charge in [-0.2, -0.15) is 4.31 Å². The Morgan fingerprint density at radius 1 is 1.04 bits per heavy atom. The van der Waals surface area contributed by atoms with E-state index in [1.807, 2.05) is 0 Å². The average Bonchev–Trinajstić information content (AvgIpc) is 2.70. The SMILES string of the molecule is COc1ccc(S(=O)(=O)N2CCN(C(=O)NC3CCN(C)CC3)CC2)cc1. The van der Waals surface area contributed by atoms with E-state index in [2.05, 4.69) is 17.3 Å². The molecule has 0 atom stereocenters. The molecule has 9 heteroatoms. The molecule has 0 unspecified atom stereocenters. The van der Waals surface area contributed by atoms with Gasteiger partial charge in [0.05, 0.1) is 12.0 Å². The van der Waals surface area contributed by atoms with Crippen LogP contribution >= 0.6 is 0 Å². The van der Waals surface area contributed by atoms with Crippen LogP contribution in [0.1, 0.15) is 12.8 Å². The third kappa shape index (κ3) is 4.72. The Morgan fingerprint density at radius 3 is 2.19 bits per heavy atom. The minimum atomic E-state index is -3.56. The number of amides is 2. The maximum absolute atomic E-state index is 12.8. The third-order valence-corrected chi connectivity index (χ3v) is 7.18. The second kappa shape index (κ2) is 8.45. The molecule has 0 aliphatic carbocycles. The number of hydrogen-bond acceptors (Lipinski definition) is 5. The van der Waals surface area contributed by atoms with Gasteiger partial charge in [-0.25, -0.2) is 13.2 Å². The monoisotopic (exact) mass is 396 g/mol. The summed E-state index contributed by atoms with van der Waals surface area (Å²) >= 11 is 0. The first-order valence-corrected chi connectivity index (χ1v) is 10.7. The van der Waals surface area contributed by atoms with Crippen molar-refractivity contribution in [2.75, 3.05) is 53.4 Å². The van der Waals surface area contributed by atoms with E-state index in [9.17, 15) is 13.2 Å². The molecule has 0 spiro atoms. The van der Waals surface area contributed by atoms with Crippen molar-refractivity contribution in [2.45, 2.75) is 23.8 Å². The Hall–Kier alpha value is -1.84. The Kier molecular flexibility index (Phi) is 6.23. The summed E-state index contributed by atoms with van der Waals surface area (Å²) < 4.78 is 32.1. The highest BCUT2D eigenvalue weighted by atomic mass is 32.2. The number of carbonyl (C=O) groups is 1. The summed E-state index contributed by atoms with van der Waals surface area (Å²) in [5.41, 5.74) is 0. The van der Waals surface area contributed by atoms with E-state index in [1.54, 1.807) is 36.3 Å². The minimum absolute atomic E-state index is 0.0916. The number of likely N-dealkylation sites (tertiary alicyclic amines) is 1. The molecule has 8 nitrogen and oxygen atoms in total. The lowest BCUT2D eigenvalue weighted by Crippen LogP contribution is -2.55. The molecule has 0 radical (unpaired) electrons. The van der Waals surface area contributed by atoms with Crippen LogP contribution in [0.15, 0.2) is 29.2 Å². The van der Waals surface area contributed by atoms with Crippen LogP contribution in [-0.4, -0.2) is 88.0 Å². The van der Waals surface area contributed by atoms with Crippen LogP contribution in [0, 0.1) is 0 Å². The van der Waals surface area contributed by atoms with E-state index in [0.29, 0.717) is 31.9 Å². The smallest absolute Gasteiger partial charge is 0.317 e. The number of benzene rings is 1. The number of nitrogens with zero attached hydrogens (tertiary/aromatic N) is 3. The Bertz CT molecular complexity index is 737. The maximum atomic E-state index is 12.8. The number of methoxy groups -OCH3 is 1. The summed E-state index contributed by atoms with van der Waals surface area (Å²) in [4.78, 5) is 16.7. The van der Waals surface area contributed by atoms with Crippen molar-refractivity contribution < 1.29 is 17.9 Å². The maximum Gasteiger partial charge on any atom is 0.317 e. The summed E-state index contributed by atoms with van der Waals surface area (Å²) in [7, 11) is 0.0693. The molecule has 3 rings (SSSR count). The van der Waals surface area contributed by atoms with Crippen LogP contribution < -0.4 is 10.1 Å². The van der Waals surface area contributed by atoms with Crippen LogP contribution in [-0.2, 0) is 10.0 Å². The number of sulfonamides is 1. The Morgan fingerprint density at radius 2 is 1.63 bits per heavy atom. The molecule has 150 valence electrons. The molecule has 2 aliphatic rings. The van der Waals surface area contributed by atoms with Gasteiger partial charge in [0, 0.05) is 32.2 Å². The fourth-order valence-corrected chi connectivity index (χ4v) is 4.87. The van der Waals surface area contributed by atoms with Gasteiger partial charge in [0.2, 0.25) is 10.0 Å². The molecule has 0 bridgehead atoms. The average molecular weight is 397 g/mol. The first-order chi connectivity index (χ1) is 12.9. The summed E-state index contributed by atoms with van der Waals surface area (Å²) in [6.07, 6.45) is 1.90. The lowest BCUT2D eigenvalue weighted by molar-refractivity contribution is 0.161. The molecule has 0 aromatic heterocycles. The van der Waals surface area contributed by atoms with E-state index >= 15 is 0 Å². The Balaban J connectivity index is 1.53. The lowest BCUT2D eigenvalue weighted by Gasteiger charge is -2.36. The zero-order valence-corrected chi connectivity index (χ0v) is 16.7. The molecule has 1 aromatic rings. The van der Waals surface area contributed by atoms with Gasteiger partial charge >= 0.3 is 6.03 Å². The molecular formula is C18H28N4O4S. The van der Waals surface area contributed by atoms with Gasteiger partial charge in [0.25, 0.3) is 0 Å². The molecule has 2 amide bonds. The van der Waals surface area contributed by atoms with Crippen molar-refractivity contribution in [2.24, 2.45) is 0 Å². The number of hydrogen-bond donors (Lipinski definition) is 1. The molecule has 1 N–H and O–H groups in total. The van der Waals surface area contributed by atoms with Crippen LogP contribution in [0.2, 0.25) is 0 Å². The number of nitrogens with one attached hydrogen (secondary N) is 1. The quantitative estimate of drug-likeness (QED) is 0.814. The van der Waals surface area contributed by atoms with Crippen LogP contribution in [0.25, 0.3) is 0 Å². The molecule has 1 aromatic carbocycles. The predicted molar refractivity (Wildman–Crippen MR) is 102 cm³/mol. The van der Waals surface area contributed by atoms with E-state index < -0.39 is 10.0 Å².